The number of amides is 2. The molecule has 14 heavy (non-hydrogen) atoms. The Morgan fingerprint density at radius 2 is 1.79 bits per heavy atom. The summed E-state index contributed by atoms with van der Waals surface area (Å²) in [7, 11) is 0. The predicted octanol–water partition coefficient (Wildman–Crippen LogP) is 0.726. The summed E-state index contributed by atoms with van der Waals surface area (Å²) < 4.78 is 5.41. The van der Waals surface area contributed by atoms with Crippen LogP contribution in [0.4, 0.5) is 0 Å². The fourth-order valence-corrected chi connectivity index (χ4v) is 1.40. The van der Waals surface area contributed by atoms with Crippen LogP contribution in [0.5, 0.6) is 0 Å². The summed E-state index contributed by atoms with van der Waals surface area (Å²) in [6, 6.07) is 0. The lowest BCUT2D eigenvalue weighted by Crippen LogP contribution is -2.43. The standard InChI is InChI=1S/C10H15NO3/c1-4-14-10(2,3)7-11-8(12)5-6-9(11)13/h5-6H,4,7H2,1-3H3. The normalized spacial score (nSPS) is 16.9. The van der Waals surface area contributed by atoms with Crippen molar-refractivity contribution in [1.29, 1.82) is 0 Å². The summed E-state index contributed by atoms with van der Waals surface area (Å²) >= 11 is 0. The Morgan fingerprint density at radius 1 is 1.29 bits per heavy atom. The van der Waals surface area contributed by atoms with Crippen LogP contribution in [0, 0.1) is 0 Å². The van der Waals surface area contributed by atoms with Gasteiger partial charge in [0.15, 0.2) is 0 Å². The molecule has 0 N–H and O–H groups in total. The zero-order valence-corrected chi connectivity index (χ0v) is 8.74. The maximum Gasteiger partial charge on any atom is 0.253 e. The fraction of sp³-hybridized carbons (Fsp3) is 0.600. The molecule has 1 rings (SSSR count). The highest BCUT2D eigenvalue weighted by Gasteiger charge is 2.30. The van der Waals surface area contributed by atoms with E-state index in [1.807, 2.05) is 20.8 Å². The Bertz CT molecular complexity index is 263. The van der Waals surface area contributed by atoms with Crippen LogP contribution < -0.4 is 0 Å². The van der Waals surface area contributed by atoms with Crippen LogP contribution in [0.1, 0.15) is 20.8 Å². The van der Waals surface area contributed by atoms with Crippen LogP contribution >= 0.6 is 0 Å². The van der Waals surface area contributed by atoms with E-state index in [-0.39, 0.29) is 11.8 Å². The van der Waals surface area contributed by atoms with E-state index in [1.165, 1.54) is 17.1 Å². The van der Waals surface area contributed by atoms with Crippen LogP contribution in [0.15, 0.2) is 12.2 Å². The lowest BCUT2D eigenvalue weighted by atomic mass is 10.1. The second-order valence-electron chi connectivity index (χ2n) is 3.79. The highest BCUT2D eigenvalue weighted by Crippen LogP contribution is 2.14. The molecule has 0 atom stereocenters. The molecule has 0 unspecified atom stereocenters. The van der Waals surface area contributed by atoms with Crippen molar-refractivity contribution in [3.63, 3.8) is 0 Å². The number of carbonyl (C=O) groups is 2. The fourth-order valence-electron chi connectivity index (χ4n) is 1.40. The molecule has 1 aliphatic heterocycles. The molecule has 0 saturated heterocycles. The van der Waals surface area contributed by atoms with Crippen molar-refractivity contribution in [1.82, 2.24) is 4.90 Å². The van der Waals surface area contributed by atoms with Crippen LogP contribution in [0.3, 0.4) is 0 Å². The highest BCUT2D eigenvalue weighted by molar-refractivity contribution is 6.12. The Kier molecular flexibility index (Phi) is 3.06. The maximum absolute atomic E-state index is 11.2. The molecule has 0 aliphatic carbocycles. The quantitative estimate of drug-likeness (QED) is 0.624. The molecule has 0 bridgehead atoms. The summed E-state index contributed by atoms with van der Waals surface area (Å²) in [6.07, 6.45) is 2.56. The molecule has 78 valence electrons. The minimum atomic E-state index is -0.480. The molecule has 1 aliphatic rings. The largest absolute Gasteiger partial charge is 0.374 e. The summed E-state index contributed by atoms with van der Waals surface area (Å²) in [5, 5.41) is 0. The SMILES string of the molecule is CCOC(C)(C)CN1C(=O)C=CC1=O. The molecule has 0 spiro atoms. The number of ether oxygens (including phenoxy) is 1. The van der Waals surface area contributed by atoms with Crippen molar-refractivity contribution in [2.75, 3.05) is 13.2 Å². The van der Waals surface area contributed by atoms with Crippen LogP contribution in [0.25, 0.3) is 0 Å². The third kappa shape index (κ3) is 2.42. The first-order valence-corrected chi connectivity index (χ1v) is 4.64. The zero-order valence-electron chi connectivity index (χ0n) is 8.74. The van der Waals surface area contributed by atoms with Gasteiger partial charge in [-0.1, -0.05) is 0 Å². The summed E-state index contributed by atoms with van der Waals surface area (Å²) in [6.45, 7) is 6.46. The summed E-state index contributed by atoms with van der Waals surface area (Å²) in [5.41, 5.74) is -0.480. The van der Waals surface area contributed by atoms with E-state index >= 15 is 0 Å². The topological polar surface area (TPSA) is 46.6 Å². The predicted molar refractivity (Wildman–Crippen MR) is 51.6 cm³/mol. The van der Waals surface area contributed by atoms with E-state index in [9.17, 15) is 9.59 Å². The van der Waals surface area contributed by atoms with E-state index in [0.29, 0.717) is 13.2 Å². The number of nitrogens with zero attached hydrogens (tertiary/aromatic N) is 1. The van der Waals surface area contributed by atoms with Crippen LogP contribution in [-0.2, 0) is 14.3 Å². The maximum atomic E-state index is 11.2. The second kappa shape index (κ2) is 3.92. The monoisotopic (exact) mass is 197 g/mol. The third-order valence-electron chi connectivity index (χ3n) is 1.97. The second-order valence-corrected chi connectivity index (χ2v) is 3.79. The Labute approximate surface area is 83.5 Å². The van der Waals surface area contributed by atoms with Gasteiger partial charge in [0.2, 0.25) is 0 Å². The van der Waals surface area contributed by atoms with Crippen molar-refractivity contribution in [3.05, 3.63) is 12.2 Å². The van der Waals surface area contributed by atoms with E-state index in [2.05, 4.69) is 0 Å². The Hall–Kier alpha value is -1.16. The first-order valence-electron chi connectivity index (χ1n) is 4.64. The first kappa shape index (κ1) is 10.9. The Balaban J connectivity index is 2.60. The van der Waals surface area contributed by atoms with Crippen molar-refractivity contribution >= 4 is 11.8 Å². The Morgan fingerprint density at radius 3 is 2.21 bits per heavy atom. The molecule has 2 amide bonds. The molecule has 0 aromatic heterocycles. The highest BCUT2D eigenvalue weighted by atomic mass is 16.5. The number of rotatable bonds is 4. The van der Waals surface area contributed by atoms with E-state index in [1.54, 1.807) is 0 Å². The average Bonchev–Trinajstić information content (AvgIpc) is 2.35. The third-order valence-corrected chi connectivity index (χ3v) is 1.97. The average molecular weight is 197 g/mol. The lowest BCUT2D eigenvalue weighted by molar-refractivity contribution is -0.141. The molecule has 0 saturated carbocycles. The van der Waals surface area contributed by atoms with Crippen molar-refractivity contribution in [3.8, 4) is 0 Å². The summed E-state index contributed by atoms with van der Waals surface area (Å²) in [5.74, 6) is -0.523. The van der Waals surface area contributed by atoms with Gasteiger partial charge in [-0.25, -0.2) is 0 Å². The van der Waals surface area contributed by atoms with Gasteiger partial charge < -0.3 is 4.74 Å². The van der Waals surface area contributed by atoms with E-state index in [4.69, 9.17) is 4.74 Å². The minimum absolute atomic E-state index is 0.261. The molecule has 4 nitrogen and oxygen atoms in total. The molecule has 0 aromatic rings. The van der Waals surface area contributed by atoms with Gasteiger partial charge in [-0.2, -0.15) is 0 Å². The van der Waals surface area contributed by atoms with E-state index in [0.717, 1.165) is 0 Å². The van der Waals surface area contributed by atoms with Gasteiger partial charge in [0.05, 0.1) is 12.1 Å². The smallest absolute Gasteiger partial charge is 0.253 e. The molecule has 0 fully saturated rings. The van der Waals surface area contributed by atoms with Gasteiger partial charge in [-0.15, -0.1) is 0 Å². The van der Waals surface area contributed by atoms with Gasteiger partial charge in [0.25, 0.3) is 11.8 Å². The molecule has 0 radical (unpaired) electrons. The van der Waals surface area contributed by atoms with E-state index < -0.39 is 5.60 Å². The van der Waals surface area contributed by atoms with Gasteiger partial charge in [0.1, 0.15) is 0 Å². The number of carbonyl (C=O) groups excluding carboxylic acids is 2. The van der Waals surface area contributed by atoms with Crippen LogP contribution in [-0.4, -0.2) is 35.5 Å². The van der Waals surface area contributed by atoms with Crippen molar-refractivity contribution in [2.45, 2.75) is 26.4 Å². The van der Waals surface area contributed by atoms with Gasteiger partial charge >= 0.3 is 0 Å². The lowest BCUT2D eigenvalue weighted by Gasteiger charge is -2.28. The van der Waals surface area contributed by atoms with Gasteiger partial charge in [-0.3, -0.25) is 14.5 Å². The number of imide groups is 1. The number of hydrogen-bond donors (Lipinski definition) is 0. The summed E-state index contributed by atoms with van der Waals surface area (Å²) in [4.78, 5) is 23.6. The number of hydrogen-bond acceptors (Lipinski definition) is 3. The first-order chi connectivity index (χ1) is 6.46. The van der Waals surface area contributed by atoms with Crippen molar-refractivity contribution in [2.24, 2.45) is 0 Å². The minimum Gasteiger partial charge on any atom is -0.374 e. The van der Waals surface area contributed by atoms with Crippen LogP contribution in [0.2, 0.25) is 0 Å². The molecular weight excluding hydrogens is 182 g/mol. The molecule has 4 heteroatoms. The molecular formula is C10H15NO3. The zero-order chi connectivity index (χ0) is 10.8. The van der Waals surface area contributed by atoms with Gasteiger partial charge in [0, 0.05) is 18.8 Å². The molecule has 0 aromatic carbocycles. The molecule has 1 heterocycles. The van der Waals surface area contributed by atoms with Gasteiger partial charge in [-0.05, 0) is 20.8 Å². The van der Waals surface area contributed by atoms with Crippen molar-refractivity contribution < 1.29 is 14.3 Å².